The van der Waals surface area contributed by atoms with Crippen LogP contribution in [0.4, 0.5) is 0 Å². The fourth-order valence-electron chi connectivity index (χ4n) is 3.37. The third-order valence-electron chi connectivity index (χ3n) is 4.77. The Morgan fingerprint density at radius 3 is 2.52 bits per heavy atom. The van der Waals surface area contributed by atoms with Crippen molar-refractivity contribution in [2.45, 2.75) is 57.7 Å². The molecule has 1 N–H and O–H groups in total. The second kappa shape index (κ2) is 14.3. The molecule has 29 heavy (non-hydrogen) atoms. The molecule has 3 atom stereocenters. The molecule has 1 aliphatic heterocycles. The molecule has 156 valence electrons. The Bertz CT molecular complexity index is 662. The molecule has 1 fully saturated rings. The third kappa shape index (κ3) is 8.53. The summed E-state index contributed by atoms with van der Waals surface area (Å²) >= 11 is 0. The fraction of sp³-hybridized carbons (Fsp3) is 0.550. The van der Waals surface area contributed by atoms with E-state index in [1.54, 1.807) is 13.8 Å². The molecule has 0 bridgehead atoms. The minimum atomic E-state index is -1.24. The molecule has 1 aliphatic rings. The van der Waals surface area contributed by atoms with Crippen molar-refractivity contribution in [2.24, 2.45) is 0 Å². The number of aliphatic carboxylic acids is 1. The van der Waals surface area contributed by atoms with Gasteiger partial charge in [-0.2, -0.15) is 0 Å². The van der Waals surface area contributed by atoms with Crippen molar-refractivity contribution >= 4 is 41.8 Å². The van der Waals surface area contributed by atoms with E-state index in [0.717, 1.165) is 5.56 Å². The molecule has 0 aromatic heterocycles. The number of carboxylic acid groups (broad SMARTS) is 1. The van der Waals surface area contributed by atoms with Crippen LogP contribution in [0.25, 0.3) is 0 Å². The topological polar surface area (TPSA) is 98.8 Å². The van der Waals surface area contributed by atoms with Gasteiger partial charge in [-0.25, -0.2) is 0 Å². The molecule has 1 heterocycles. The zero-order chi connectivity index (χ0) is 19.8. The van der Waals surface area contributed by atoms with E-state index in [4.69, 9.17) is 4.74 Å². The van der Waals surface area contributed by atoms with Crippen LogP contribution >= 0.6 is 24.0 Å². The van der Waals surface area contributed by atoms with Crippen LogP contribution in [0, 0.1) is 0 Å². The normalized spacial score (nSPS) is 17.4. The van der Waals surface area contributed by atoms with Crippen molar-refractivity contribution in [3.8, 4) is 0 Å². The minimum Gasteiger partial charge on any atom is -0.548 e. The second-order valence-corrected chi connectivity index (χ2v) is 6.73. The number of hydrogen-bond donors (Lipinski definition) is 1. The number of rotatable bonds is 9. The first-order valence-electron chi connectivity index (χ1n) is 9.42. The molecule has 1 aromatic rings. The molecule has 9 heteroatoms. The van der Waals surface area contributed by atoms with Gasteiger partial charge in [0.2, 0.25) is 5.91 Å². The molecular formula is C20H28IN2NaO5. The third-order valence-corrected chi connectivity index (χ3v) is 4.77. The molecule has 0 aliphatic carbocycles. The maximum atomic E-state index is 12.7. The first-order chi connectivity index (χ1) is 12.9. The number of halogens is 1. The molecule has 0 saturated carbocycles. The van der Waals surface area contributed by atoms with Crippen molar-refractivity contribution in [1.82, 2.24) is 10.2 Å². The van der Waals surface area contributed by atoms with Crippen LogP contribution in [0.5, 0.6) is 0 Å². The molecule has 1 saturated heterocycles. The monoisotopic (exact) mass is 526 g/mol. The molecular weight excluding hydrogens is 498 g/mol. The van der Waals surface area contributed by atoms with Crippen LogP contribution in [-0.4, -0.2) is 54.0 Å². The molecule has 0 radical (unpaired) electrons. The number of carboxylic acids is 1. The zero-order valence-corrected chi connectivity index (χ0v) is 21.6. The molecule has 1 aromatic carbocycles. The number of carbonyl (C=O) groups is 3. The number of nitrogens with zero attached hydrogens (tertiary/aromatic N) is 1. The number of esters is 1. The number of likely N-dealkylation sites (tertiary alicyclic amines) is 1. The number of benzene rings is 1. The van der Waals surface area contributed by atoms with E-state index in [1.165, 1.54) is 4.90 Å². The summed E-state index contributed by atoms with van der Waals surface area (Å²) in [7, 11) is 0. The van der Waals surface area contributed by atoms with Gasteiger partial charge in [0.1, 0.15) is 6.04 Å². The first kappa shape index (κ1) is 28.3. The van der Waals surface area contributed by atoms with Crippen molar-refractivity contribution in [2.75, 3.05) is 13.2 Å². The molecule has 1 unspecified atom stereocenters. The van der Waals surface area contributed by atoms with Crippen molar-refractivity contribution in [3.05, 3.63) is 35.9 Å². The number of aryl methyl sites for hydroxylation is 1. The first-order valence-corrected chi connectivity index (χ1v) is 9.42. The van der Waals surface area contributed by atoms with Gasteiger partial charge in [-0.3, -0.25) is 14.9 Å². The molecule has 0 spiro atoms. The number of nitrogens with one attached hydrogen (secondary N) is 1. The molecule has 7 nitrogen and oxygen atoms in total. The van der Waals surface area contributed by atoms with Crippen LogP contribution < -0.4 is 40.0 Å². The van der Waals surface area contributed by atoms with Gasteiger partial charge in [-0.15, -0.1) is 24.0 Å². The summed E-state index contributed by atoms with van der Waals surface area (Å²) in [4.78, 5) is 37.5. The van der Waals surface area contributed by atoms with Crippen LogP contribution in [0.3, 0.4) is 0 Å². The predicted octanol–water partition coefficient (Wildman–Crippen LogP) is -2.11. The average molecular weight is 526 g/mol. The summed E-state index contributed by atoms with van der Waals surface area (Å²) in [5, 5.41) is 14.2. The Morgan fingerprint density at radius 1 is 1.28 bits per heavy atom. The summed E-state index contributed by atoms with van der Waals surface area (Å²) in [6, 6.07) is 7.51. The van der Waals surface area contributed by atoms with Crippen LogP contribution in [-0.2, 0) is 25.5 Å². The van der Waals surface area contributed by atoms with E-state index in [9.17, 15) is 19.5 Å². The van der Waals surface area contributed by atoms with Crippen molar-refractivity contribution in [1.29, 1.82) is 0 Å². The minimum absolute atomic E-state index is 0. The fourth-order valence-corrected chi connectivity index (χ4v) is 3.37. The Labute approximate surface area is 211 Å². The smallest absolute Gasteiger partial charge is 0.548 e. The van der Waals surface area contributed by atoms with E-state index in [1.807, 2.05) is 30.3 Å². The van der Waals surface area contributed by atoms with Crippen molar-refractivity contribution < 1.29 is 53.8 Å². The van der Waals surface area contributed by atoms with Crippen LogP contribution in [0.2, 0.25) is 0 Å². The Balaban J connectivity index is 0.00000392. The summed E-state index contributed by atoms with van der Waals surface area (Å²) < 4.78 is 5.13. The Morgan fingerprint density at radius 2 is 1.93 bits per heavy atom. The van der Waals surface area contributed by atoms with E-state index >= 15 is 0 Å². The maximum Gasteiger partial charge on any atom is 1.00 e. The van der Waals surface area contributed by atoms with E-state index < -0.39 is 30.1 Å². The summed E-state index contributed by atoms with van der Waals surface area (Å²) in [6.45, 7) is 4.01. The van der Waals surface area contributed by atoms with E-state index in [-0.39, 0.29) is 66.0 Å². The maximum absolute atomic E-state index is 12.7. The quantitative estimate of drug-likeness (QED) is 0.225. The van der Waals surface area contributed by atoms with Gasteiger partial charge in [-0.05, 0) is 45.1 Å². The Hall–Kier alpha value is -0.680. The summed E-state index contributed by atoms with van der Waals surface area (Å²) in [6.07, 6.45) is 2.16. The van der Waals surface area contributed by atoms with E-state index in [0.29, 0.717) is 32.2 Å². The number of carbonyl (C=O) groups excluding carboxylic acids is 3. The standard InChI is InChI=1S/C20H28N2O5.HI.Na/c1-3-27-20(26)16(12-11-15-8-5-4-6-9-15)21-14(2)18(23)22-13-7-10-17(22)19(24)25;;/h4-6,8-9,14,16-17,21H,3,7,10-13H2,1-2H3,(H,24,25);1H;/q;;+1/p-1/t14?,16-,17-;;/m0../s1. The Kier molecular flexibility index (Phi) is 14.0. The van der Waals surface area contributed by atoms with E-state index in [2.05, 4.69) is 5.32 Å². The average Bonchev–Trinajstić information content (AvgIpc) is 3.15. The number of amides is 1. The summed E-state index contributed by atoms with van der Waals surface area (Å²) in [5.74, 6) is -1.99. The number of hydrogen-bond acceptors (Lipinski definition) is 6. The van der Waals surface area contributed by atoms with Crippen LogP contribution in [0.15, 0.2) is 30.3 Å². The SMILES string of the molecule is CCOC(=O)[C@H](CCc1ccccc1)NC(C)C(=O)N1CCC[C@H]1C(=O)[O-].I.[Na+]. The van der Waals surface area contributed by atoms with Gasteiger partial charge in [0.05, 0.1) is 24.7 Å². The van der Waals surface area contributed by atoms with Gasteiger partial charge in [0.25, 0.3) is 0 Å². The molecule has 1 amide bonds. The van der Waals surface area contributed by atoms with Crippen LogP contribution in [0.1, 0.15) is 38.7 Å². The van der Waals surface area contributed by atoms with Gasteiger partial charge < -0.3 is 19.5 Å². The van der Waals surface area contributed by atoms with Gasteiger partial charge in [0, 0.05) is 6.54 Å². The van der Waals surface area contributed by atoms with Crippen molar-refractivity contribution in [3.63, 3.8) is 0 Å². The summed E-state index contributed by atoms with van der Waals surface area (Å²) in [5.41, 5.74) is 1.09. The predicted molar refractivity (Wildman–Crippen MR) is 113 cm³/mol. The van der Waals surface area contributed by atoms with Gasteiger partial charge in [0.15, 0.2) is 0 Å². The molecule has 2 rings (SSSR count). The zero-order valence-electron chi connectivity index (χ0n) is 17.3. The van der Waals surface area contributed by atoms with Gasteiger partial charge in [-0.1, -0.05) is 30.3 Å². The number of ether oxygens (including phenoxy) is 1. The largest absolute Gasteiger partial charge is 1.00 e. The second-order valence-electron chi connectivity index (χ2n) is 6.73. The van der Waals surface area contributed by atoms with Gasteiger partial charge >= 0.3 is 35.5 Å².